The standard InChI is InChI=1S/C15H17FN2S/c1-10-6-11(2)18-15(7-10)19-14-5-4-12(9-17-3)8-13(14)16/h4-8,17H,9H2,1-3H3. The Labute approximate surface area is 117 Å². The molecule has 2 nitrogen and oxygen atoms in total. The van der Waals surface area contributed by atoms with Gasteiger partial charge in [0.25, 0.3) is 0 Å². The SMILES string of the molecule is CNCc1ccc(Sc2cc(C)cc(C)n2)c(F)c1. The fraction of sp³-hybridized carbons (Fsp3) is 0.267. The molecule has 0 spiro atoms. The molecule has 19 heavy (non-hydrogen) atoms. The van der Waals surface area contributed by atoms with Crippen LogP contribution in [0.25, 0.3) is 0 Å². The summed E-state index contributed by atoms with van der Waals surface area (Å²) >= 11 is 1.36. The van der Waals surface area contributed by atoms with Crippen molar-refractivity contribution < 1.29 is 4.39 Å². The summed E-state index contributed by atoms with van der Waals surface area (Å²) in [7, 11) is 1.85. The first-order valence-corrected chi connectivity index (χ1v) is 6.96. The first-order valence-electron chi connectivity index (χ1n) is 6.14. The van der Waals surface area contributed by atoms with Crippen molar-refractivity contribution in [3.05, 3.63) is 53.0 Å². The summed E-state index contributed by atoms with van der Waals surface area (Å²) in [6.07, 6.45) is 0. The Kier molecular flexibility index (Phi) is 4.56. The van der Waals surface area contributed by atoms with Gasteiger partial charge in [-0.3, -0.25) is 0 Å². The summed E-state index contributed by atoms with van der Waals surface area (Å²) in [5.74, 6) is -0.196. The minimum Gasteiger partial charge on any atom is -0.316 e. The smallest absolute Gasteiger partial charge is 0.137 e. The molecule has 0 aliphatic heterocycles. The topological polar surface area (TPSA) is 24.9 Å². The van der Waals surface area contributed by atoms with Crippen LogP contribution >= 0.6 is 11.8 Å². The van der Waals surface area contributed by atoms with Crippen LogP contribution < -0.4 is 5.32 Å². The Balaban J connectivity index is 2.23. The predicted octanol–water partition coefficient (Wildman–Crippen LogP) is 3.71. The maximum absolute atomic E-state index is 14.0. The molecule has 1 heterocycles. The number of hydrogen-bond acceptors (Lipinski definition) is 3. The monoisotopic (exact) mass is 276 g/mol. The van der Waals surface area contributed by atoms with E-state index in [0.717, 1.165) is 21.8 Å². The number of aromatic nitrogens is 1. The van der Waals surface area contributed by atoms with Gasteiger partial charge in [-0.1, -0.05) is 17.8 Å². The van der Waals surface area contributed by atoms with E-state index in [1.807, 2.05) is 45.2 Å². The summed E-state index contributed by atoms with van der Waals surface area (Å²) in [6, 6.07) is 9.30. The van der Waals surface area contributed by atoms with Gasteiger partial charge in [0.05, 0.1) is 0 Å². The third-order valence-corrected chi connectivity index (χ3v) is 3.64. The number of pyridine rings is 1. The van der Waals surface area contributed by atoms with Crippen molar-refractivity contribution in [1.82, 2.24) is 10.3 Å². The van der Waals surface area contributed by atoms with E-state index in [0.29, 0.717) is 11.4 Å². The van der Waals surface area contributed by atoms with E-state index in [-0.39, 0.29) is 5.82 Å². The van der Waals surface area contributed by atoms with Gasteiger partial charge in [-0.15, -0.1) is 0 Å². The van der Waals surface area contributed by atoms with Gasteiger partial charge in [0.1, 0.15) is 10.8 Å². The minimum absolute atomic E-state index is 0.196. The van der Waals surface area contributed by atoms with Gasteiger partial charge in [-0.25, -0.2) is 9.37 Å². The van der Waals surface area contributed by atoms with Crippen molar-refractivity contribution in [1.29, 1.82) is 0 Å². The second-order valence-electron chi connectivity index (χ2n) is 4.52. The number of hydrogen-bond donors (Lipinski definition) is 1. The summed E-state index contributed by atoms with van der Waals surface area (Å²) in [5.41, 5.74) is 3.04. The van der Waals surface area contributed by atoms with E-state index in [1.54, 1.807) is 6.07 Å². The van der Waals surface area contributed by atoms with Gasteiger partial charge >= 0.3 is 0 Å². The molecule has 0 bridgehead atoms. The lowest BCUT2D eigenvalue weighted by Crippen LogP contribution is -2.05. The molecule has 0 unspecified atom stereocenters. The highest BCUT2D eigenvalue weighted by molar-refractivity contribution is 7.99. The Hall–Kier alpha value is -1.39. The normalized spacial score (nSPS) is 10.7. The molecule has 2 rings (SSSR count). The van der Waals surface area contributed by atoms with E-state index >= 15 is 0 Å². The first-order chi connectivity index (χ1) is 9.08. The highest BCUT2D eigenvalue weighted by Crippen LogP contribution is 2.29. The van der Waals surface area contributed by atoms with Gasteiger partial charge in [-0.2, -0.15) is 0 Å². The molecule has 2 aromatic rings. The van der Waals surface area contributed by atoms with Gasteiger partial charge in [0.2, 0.25) is 0 Å². The maximum atomic E-state index is 14.0. The van der Waals surface area contributed by atoms with Crippen LogP contribution in [-0.4, -0.2) is 12.0 Å². The number of rotatable bonds is 4. The molecule has 1 N–H and O–H groups in total. The molecule has 0 saturated heterocycles. The van der Waals surface area contributed by atoms with E-state index < -0.39 is 0 Å². The number of halogens is 1. The maximum Gasteiger partial charge on any atom is 0.137 e. The molecule has 0 saturated carbocycles. The molecular formula is C15H17FN2S. The molecule has 1 aromatic carbocycles. The molecule has 0 aliphatic rings. The highest BCUT2D eigenvalue weighted by Gasteiger charge is 2.07. The number of benzene rings is 1. The lowest BCUT2D eigenvalue weighted by molar-refractivity contribution is 0.598. The van der Waals surface area contributed by atoms with Crippen LogP contribution in [0.1, 0.15) is 16.8 Å². The van der Waals surface area contributed by atoms with Crippen LogP contribution in [0.4, 0.5) is 4.39 Å². The lowest BCUT2D eigenvalue weighted by Gasteiger charge is -2.07. The van der Waals surface area contributed by atoms with Gasteiger partial charge in [0, 0.05) is 17.1 Å². The van der Waals surface area contributed by atoms with Gasteiger partial charge in [0.15, 0.2) is 0 Å². The van der Waals surface area contributed by atoms with Gasteiger partial charge < -0.3 is 5.32 Å². The second kappa shape index (κ2) is 6.17. The Morgan fingerprint density at radius 1 is 1.21 bits per heavy atom. The first kappa shape index (κ1) is 14.0. The van der Waals surface area contributed by atoms with Gasteiger partial charge in [-0.05, 0) is 56.3 Å². The zero-order valence-electron chi connectivity index (χ0n) is 11.3. The summed E-state index contributed by atoms with van der Waals surface area (Å²) in [4.78, 5) is 5.02. The largest absolute Gasteiger partial charge is 0.316 e. The van der Waals surface area contributed by atoms with Crippen molar-refractivity contribution in [3.8, 4) is 0 Å². The van der Waals surface area contributed by atoms with Crippen LogP contribution in [0.3, 0.4) is 0 Å². The van der Waals surface area contributed by atoms with Crippen molar-refractivity contribution in [2.75, 3.05) is 7.05 Å². The Morgan fingerprint density at radius 3 is 2.63 bits per heavy atom. The molecule has 0 amide bonds. The zero-order valence-corrected chi connectivity index (χ0v) is 12.1. The fourth-order valence-electron chi connectivity index (χ4n) is 1.91. The van der Waals surface area contributed by atoms with Crippen molar-refractivity contribution in [3.63, 3.8) is 0 Å². The predicted molar refractivity (Wildman–Crippen MR) is 77.0 cm³/mol. The van der Waals surface area contributed by atoms with E-state index in [4.69, 9.17) is 0 Å². The van der Waals surface area contributed by atoms with Crippen LogP contribution in [0.5, 0.6) is 0 Å². The Bertz CT molecular complexity index is 564. The average molecular weight is 276 g/mol. The van der Waals surface area contributed by atoms with Crippen LogP contribution in [0, 0.1) is 19.7 Å². The molecule has 1 aromatic heterocycles. The molecule has 0 radical (unpaired) electrons. The summed E-state index contributed by atoms with van der Waals surface area (Å²) in [5, 5.41) is 3.84. The quantitative estimate of drug-likeness (QED) is 0.921. The van der Waals surface area contributed by atoms with Crippen LogP contribution in [-0.2, 0) is 6.54 Å². The van der Waals surface area contributed by atoms with Crippen LogP contribution in [0.2, 0.25) is 0 Å². The molecule has 0 atom stereocenters. The molecule has 0 aliphatic carbocycles. The molecule has 100 valence electrons. The van der Waals surface area contributed by atoms with E-state index in [2.05, 4.69) is 10.3 Å². The Morgan fingerprint density at radius 2 is 2.00 bits per heavy atom. The fourth-order valence-corrected chi connectivity index (χ4v) is 2.86. The second-order valence-corrected chi connectivity index (χ2v) is 5.58. The molecular weight excluding hydrogens is 259 g/mol. The summed E-state index contributed by atoms with van der Waals surface area (Å²) in [6.45, 7) is 4.64. The van der Waals surface area contributed by atoms with E-state index in [1.165, 1.54) is 11.8 Å². The van der Waals surface area contributed by atoms with E-state index in [9.17, 15) is 4.39 Å². The molecule has 4 heteroatoms. The van der Waals surface area contributed by atoms with Crippen LogP contribution in [0.15, 0.2) is 40.3 Å². The highest BCUT2D eigenvalue weighted by atomic mass is 32.2. The van der Waals surface area contributed by atoms with Crippen molar-refractivity contribution >= 4 is 11.8 Å². The number of nitrogens with one attached hydrogen (secondary N) is 1. The summed E-state index contributed by atoms with van der Waals surface area (Å²) < 4.78 is 14.0. The lowest BCUT2D eigenvalue weighted by atomic mass is 10.2. The third-order valence-electron chi connectivity index (χ3n) is 2.67. The van der Waals surface area contributed by atoms with Crippen molar-refractivity contribution in [2.45, 2.75) is 30.3 Å². The number of aryl methyl sites for hydroxylation is 2. The third kappa shape index (κ3) is 3.78. The van der Waals surface area contributed by atoms with Crippen molar-refractivity contribution in [2.24, 2.45) is 0 Å². The molecule has 0 fully saturated rings. The number of nitrogens with zero attached hydrogens (tertiary/aromatic N) is 1. The minimum atomic E-state index is -0.196. The zero-order chi connectivity index (χ0) is 13.8. The average Bonchev–Trinajstić information content (AvgIpc) is 2.32.